The van der Waals surface area contributed by atoms with E-state index in [0.29, 0.717) is 0 Å². The molecule has 0 atom stereocenters. The highest BCUT2D eigenvalue weighted by Crippen LogP contribution is 2.66. The van der Waals surface area contributed by atoms with Gasteiger partial charge >= 0.3 is 0 Å². The number of anilines is 6. The molecule has 0 fully saturated rings. The van der Waals surface area contributed by atoms with Crippen LogP contribution < -0.4 is 9.80 Å². The third-order valence-corrected chi connectivity index (χ3v) is 16.5. The topological polar surface area (TPSA) is 6.48 Å². The first kappa shape index (κ1) is 50.3. The maximum atomic E-state index is 2.49. The highest BCUT2D eigenvalue weighted by Gasteiger charge is 2.39. The van der Waals surface area contributed by atoms with E-state index in [1.165, 1.54) is 122 Å². The van der Waals surface area contributed by atoms with E-state index < -0.39 is 0 Å². The van der Waals surface area contributed by atoms with E-state index in [1.54, 1.807) is 0 Å². The van der Waals surface area contributed by atoms with Crippen molar-refractivity contribution in [2.45, 2.75) is 66.2 Å². The van der Waals surface area contributed by atoms with Gasteiger partial charge in [-0.1, -0.05) is 236 Å². The first-order valence-corrected chi connectivity index (χ1v) is 28.3. The van der Waals surface area contributed by atoms with Crippen molar-refractivity contribution in [3.05, 3.63) is 277 Å². The minimum Gasteiger partial charge on any atom is -0.310 e. The molecule has 0 bridgehead atoms. The van der Waals surface area contributed by atoms with Crippen molar-refractivity contribution in [1.82, 2.24) is 0 Å². The molecule has 2 nitrogen and oxygen atoms in total. The second kappa shape index (κ2) is 19.9. The van der Waals surface area contributed by atoms with Gasteiger partial charge in [0, 0.05) is 34.1 Å². The molecule has 1 aliphatic rings. The predicted octanol–water partition coefficient (Wildman–Crippen LogP) is 22.5. The van der Waals surface area contributed by atoms with Gasteiger partial charge in [0.25, 0.3) is 0 Å². The average molecular weight is 1030 g/mol. The van der Waals surface area contributed by atoms with Crippen LogP contribution in [0.15, 0.2) is 255 Å². The molecule has 0 radical (unpaired) electrons. The Morgan fingerprint density at radius 1 is 0.237 bits per heavy atom. The maximum Gasteiger partial charge on any atom is 0.0493 e. The van der Waals surface area contributed by atoms with Crippen molar-refractivity contribution >= 4 is 55.7 Å². The van der Waals surface area contributed by atoms with E-state index in [-0.39, 0.29) is 10.8 Å². The largest absolute Gasteiger partial charge is 0.310 e. The van der Waals surface area contributed by atoms with Gasteiger partial charge in [0.1, 0.15) is 0 Å². The zero-order valence-electron chi connectivity index (χ0n) is 47.1. The summed E-state index contributed by atoms with van der Waals surface area (Å²) in [6, 6.07) is 95.0. The van der Waals surface area contributed by atoms with E-state index in [4.69, 9.17) is 0 Å². The van der Waals surface area contributed by atoms with Crippen LogP contribution in [0.5, 0.6) is 0 Å². The maximum absolute atomic E-state index is 2.49. The van der Waals surface area contributed by atoms with Crippen molar-refractivity contribution < 1.29 is 0 Å². The Hall–Kier alpha value is -9.24. The molecule has 0 heterocycles. The fourth-order valence-corrected chi connectivity index (χ4v) is 12.4. The Labute approximate surface area is 472 Å². The first-order chi connectivity index (χ1) is 38.8. The fraction of sp³-hybridized carbons (Fsp3) is 0.128. The van der Waals surface area contributed by atoms with Crippen molar-refractivity contribution in [3.63, 3.8) is 0 Å². The van der Waals surface area contributed by atoms with Gasteiger partial charge in [0.15, 0.2) is 0 Å². The SMILES string of the molecule is Cc1ccc(C(C)(C)C)cc1N(c1ccccc1)c1ccc2c(-c3ccccc3)c3c(c(-c4ccccc4)c2c1)-c1c-3c(-c2ccccc2)c2ccc(N(c3ccccc3)c3cc(C(C)(C)C)ccc3C)cc2c1-c1ccccc1. The van der Waals surface area contributed by atoms with Crippen molar-refractivity contribution in [2.75, 3.05) is 9.80 Å². The van der Waals surface area contributed by atoms with E-state index in [2.05, 4.69) is 320 Å². The number of nitrogens with zero attached hydrogens (tertiary/aromatic N) is 2. The second-order valence-corrected chi connectivity index (χ2v) is 23.8. The zero-order valence-corrected chi connectivity index (χ0v) is 47.1. The average Bonchev–Trinajstić information content (AvgIpc) is 3.11. The molecule has 12 aromatic carbocycles. The Balaban J connectivity index is 1.19. The van der Waals surface area contributed by atoms with E-state index in [1.807, 2.05) is 0 Å². The minimum absolute atomic E-state index is 0.0366. The van der Waals surface area contributed by atoms with Crippen LogP contribution in [-0.4, -0.2) is 0 Å². The summed E-state index contributed by atoms with van der Waals surface area (Å²) in [5, 5.41) is 4.86. The number of hydrogen-bond donors (Lipinski definition) is 0. The van der Waals surface area contributed by atoms with E-state index in [9.17, 15) is 0 Å². The molecule has 0 saturated heterocycles. The van der Waals surface area contributed by atoms with Gasteiger partial charge in [-0.2, -0.15) is 0 Å². The molecule has 80 heavy (non-hydrogen) atoms. The summed E-state index contributed by atoms with van der Waals surface area (Å²) in [5.74, 6) is 0. The molecule has 0 spiro atoms. The lowest BCUT2D eigenvalue weighted by atomic mass is 9.65. The molecule has 0 aromatic heterocycles. The van der Waals surface area contributed by atoms with Crippen LogP contribution in [0.3, 0.4) is 0 Å². The molecule has 13 rings (SSSR count). The lowest BCUT2D eigenvalue weighted by molar-refractivity contribution is 0.590. The summed E-state index contributed by atoms with van der Waals surface area (Å²) < 4.78 is 0. The normalized spacial score (nSPS) is 12.0. The monoisotopic (exact) mass is 1030 g/mol. The minimum atomic E-state index is -0.0366. The third kappa shape index (κ3) is 8.68. The first-order valence-electron chi connectivity index (χ1n) is 28.3. The number of aryl methyl sites for hydroxylation is 2. The van der Waals surface area contributed by atoms with Crippen molar-refractivity contribution in [1.29, 1.82) is 0 Å². The van der Waals surface area contributed by atoms with Crippen molar-refractivity contribution in [2.24, 2.45) is 0 Å². The van der Waals surface area contributed by atoms with Crippen LogP contribution >= 0.6 is 0 Å². The molecule has 1 aliphatic carbocycles. The molecular formula is C78H66N2. The molecule has 12 aromatic rings. The molecular weight excluding hydrogens is 965 g/mol. The second-order valence-electron chi connectivity index (χ2n) is 23.8. The summed E-state index contributed by atoms with van der Waals surface area (Å²) >= 11 is 0. The Morgan fingerprint density at radius 2 is 0.512 bits per heavy atom. The van der Waals surface area contributed by atoms with Crippen LogP contribution in [0.4, 0.5) is 34.1 Å². The lowest BCUT2D eigenvalue weighted by Gasteiger charge is -2.38. The zero-order chi connectivity index (χ0) is 54.9. The van der Waals surface area contributed by atoms with Gasteiger partial charge in [0.05, 0.1) is 0 Å². The number of hydrogen-bond acceptors (Lipinski definition) is 2. The number of benzene rings is 12. The van der Waals surface area contributed by atoms with E-state index >= 15 is 0 Å². The Bertz CT molecular complexity index is 4000. The van der Waals surface area contributed by atoms with Crippen LogP contribution in [0, 0.1) is 13.8 Å². The highest BCUT2D eigenvalue weighted by atomic mass is 15.1. The Morgan fingerprint density at radius 3 is 0.800 bits per heavy atom. The summed E-state index contributed by atoms with van der Waals surface area (Å²) in [4.78, 5) is 4.95. The van der Waals surface area contributed by atoms with Gasteiger partial charge in [0.2, 0.25) is 0 Å². The molecule has 0 saturated carbocycles. The quantitative estimate of drug-likeness (QED) is 0.135. The number of fused-ring (bicyclic) bond motifs is 6. The van der Waals surface area contributed by atoms with Gasteiger partial charge in [-0.3, -0.25) is 0 Å². The lowest BCUT2D eigenvalue weighted by Crippen LogP contribution is -2.16. The highest BCUT2D eigenvalue weighted by molar-refractivity contribution is 6.33. The third-order valence-electron chi connectivity index (χ3n) is 16.5. The van der Waals surface area contributed by atoms with E-state index in [0.717, 1.165) is 22.7 Å². The summed E-state index contributed by atoms with van der Waals surface area (Å²) in [6.07, 6.45) is 0. The summed E-state index contributed by atoms with van der Waals surface area (Å²) in [5.41, 5.74) is 26.7. The smallest absolute Gasteiger partial charge is 0.0493 e. The molecule has 2 heteroatoms. The van der Waals surface area contributed by atoms with Crippen LogP contribution in [-0.2, 0) is 10.8 Å². The van der Waals surface area contributed by atoms with Gasteiger partial charge in [-0.15, -0.1) is 0 Å². The van der Waals surface area contributed by atoms with Crippen molar-refractivity contribution in [3.8, 4) is 66.8 Å². The van der Waals surface area contributed by atoms with Crippen LogP contribution in [0.2, 0.25) is 0 Å². The molecule has 0 aliphatic heterocycles. The molecule has 388 valence electrons. The summed E-state index contributed by atoms with van der Waals surface area (Å²) in [7, 11) is 0. The standard InChI is InChI=1S/C78H66N2/c1-51-39-41-57(77(3,4)5)47-67(51)79(59-35-23-13-24-36-59)61-43-45-63-65(49-61)71(55-31-19-11-20-32-55)75-73(69(63)53-27-15-9-16-28-53)74-70(54-29-17-10-18-30-54)64-46-44-62(50-66(64)72(76(74)75)56-33-21-12-22-34-56)80(60-37-25-14-26-38-60)68-48-58(78(6,7)8)42-40-52(68)2/h9-50H,1-8H3. The molecule has 0 N–H and O–H groups in total. The van der Waals surface area contributed by atoms with Crippen LogP contribution in [0.25, 0.3) is 88.3 Å². The summed E-state index contributed by atoms with van der Waals surface area (Å²) in [6.45, 7) is 18.3. The fourth-order valence-electron chi connectivity index (χ4n) is 12.4. The van der Waals surface area contributed by atoms with Gasteiger partial charge in [-0.05, 0) is 196 Å². The number of para-hydroxylation sites is 2. The molecule has 0 amide bonds. The van der Waals surface area contributed by atoms with Gasteiger partial charge in [-0.25, -0.2) is 0 Å². The Kier molecular flexibility index (Phi) is 12.5. The predicted molar refractivity (Wildman–Crippen MR) is 344 cm³/mol. The molecule has 0 unspecified atom stereocenters. The van der Waals surface area contributed by atoms with Crippen LogP contribution in [0.1, 0.15) is 63.8 Å². The number of rotatable bonds is 10. The van der Waals surface area contributed by atoms with Gasteiger partial charge < -0.3 is 9.80 Å².